The van der Waals surface area contributed by atoms with Gasteiger partial charge in [-0.15, -0.1) is 0 Å². The highest BCUT2D eigenvalue weighted by molar-refractivity contribution is 5.93. The topological polar surface area (TPSA) is 83.9 Å². The first kappa shape index (κ1) is 14.5. The van der Waals surface area contributed by atoms with Crippen LogP contribution in [0.15, 0.2) is 29.5 Å². The predicted octanol–water partition coefficient (Wildman–Crippen LogP) is 1.01. The lowest BCUT2D eigenvalue weighted by Gasteiger charge is -2.32. The second-order valence-electron chi connectivity index (χ2n) is 5.51. The zero-order chi connectivity index (χ0) is 15.5. The summed E-state index contributed by atoms with van der Waals surface area (Å²) in [6.45, 7) is 4.07. The molecular formula is C15H19N5O2. The summed E-state index contributed by atoms with van der Waals surface area (Å²) in [6.07, 6.45) is 6.78. The van der Waals surface area contributed by atoms with Gasteiger partial charge in [0.05, 0.1) is 11.8 Å². The van der Waals surface area contributed by atoms with Crippen LogP contribution in [0.3, 0.4) is 0 Å². The van der Waals surface area contributed by atoms with E-state index in [-0.39, 0.29) is 17.5 Å². The smallest absolute Gasteiger partial charge is 0.338 e. The van der Waals surface area contributed by atoms with Crippen LogP contribution in [0.4, 0.5) is 0 Å². The van der Waals surface area contributed by atoms with E-state index in [1.54, 1.807) is 17.1 Å². The summed E-state index contributed by atoms with van der Waals surface area (Å²) in [5.74, 6) is 0.149. The van der Waals surface area contributed by atoms with Crippen molar-refractivity contribution >= 4 is 5.91 Å². The van der Waals surface area contributed by atoms with E-state index in [1.807, 2.05) is 17.9 Å². The number of aromatic amines is 1. The van der Waals surface area contributed by atoms with Crippen molar-refractivity contribution in [1.29, 1.82) is 0 Å². The van der Waals surface area contributed by atoms with Crippen LogP contribution in [0.1, 0.15) is 41.7 Å². The quantitative estimate of drug-likeness (QED) is 0.917. The van der Waals surface area contributed by atoms with E-state index in [4.69, 9.17) is 0 Å². The largest absolute Gasteiger partial charge is 0.345 e. The number of nitrogens with one attached hydrogen (secondary N) is 1. The molecule has 2 aromatic heterocycles. The Bertz CT molecular complexity index is 720. The molecule has 3 heterocycles. The van der Waals surface area contributed by atoms with Gasteiger partial charge in [-0.05, 0) is 25.8 Å². The summed E-state index contributed by atoms with van der Waals surface area (Å²) in [4.78, 5) is 32.2. The van der Waals surface area contributed by atoms with Crippen molar-refractivity contribution < 1.29 is 4.79 Å². The fourth-order valence-corrected chi connectivity index (χ4v) is 2.87. The van der Waals surface area contributed by atoms with Gasteiger partial charge in [0, 0.05) is 43.6 Å². The lowest BCUT2D eigenvalue weighted by molar-refractivity contribution is 0.0705. The molecule has 1 atom stereocenters. The van der Waals surface area contributed by atoms with Crippen molar-refractivity contribution in [3.8, 4) is 0 Å². The summed E-state index contributed by atoms with van der Waals surface area (Å²) < 4.78 is 1.75. The fraction of sp³-hybridized carbons (Fsp3) is 0.467. The maximum Gasteiger partial charge on any atom is 0.345 e. The number of amides is 1. The molecule has 7 heteroatoms. The highest BCUT2D eigenvalue weighted by Gasteiger charge is 2.26. The summed E-state index contributed by atoms with van der Waals surface area (Å²) in [5.41, 5.74) is 1.12. The van der Waals surface area contributed by atoms with Gasteiger partial charge in [0.1, 0.15) is 0 Å². The van der Waals surface area contributed by atoms with Crippen molar-refractivity contribution in [1.82, 2.24) is 24.6 Å². The van der Waals surface area contributed by atoms with E-state index in [0.717, 1.165) is 31.6 Å². The Labute approximate surface area is 128 Å². The van der Waals surface area contributed by atoms with Crippen LogP contribution < -0.4 is 5.69 Å². The molecule has 1 fully saturated rings. The van der Waals surface area contributed by atoms with Crippen LogP contribution in [0.25, 0.3) is 0 Å². The number of hydrogen-bond acceptors (Lipinski definition) is 4. The van der Waals surface area contributed by atoms with E-state index < -0.39 is 0 Å². The molecule has 1 saturated heterocycles. The van der Waals surface area contributed by atoms with Gasteiger partial charge in [-0.2, -0.15) is 5.10 Å². The standard InChI is InChI=1S/C15H19N5O2/c1-2-20-10-12(8-17-20)14(21)19-7-3-4-11(9-19)13-5-6-16-15(22)18-13/h5-6,8,10-11H,2-4,7,9H2,1H3,(H,16,18,22)/t11-/m0/s1. The normalized spacial score (nSPS) is 18.4. The van der Waals surface area contributed by atoms with Gasteiger partial charge in [-0.25, -0.2) is 9.78 Å². The van der Waals surface area contributed by atoms with E-state index in [9.17, 15) is 9.59 Å². The molecule has 1 amide bonds. The van der Waals surface area contributed by atoms with E-state index in [0.29, 0.717) is 12.1 Å². The van der Waals surface area contributed by atoms with Crippen LogP contribution in [0, 0.1) is 0 Å². The van der Waals surface area contributed by atoms with Crippen LogP contribution in [0.2, 0.25) is 0 Å². The van der Waals surface area contributed by atoms with E-state index >= 15 is 0 Å². The molecule has 0 saturated carbocycles. The van der Waals surface area contributed by atoms with Gasteiger partial charge in [-0.1, -0.05) is 0 Å². The maximum atomic E-state index is 12.6. The monoisotopic (exact) mass is 301 g/mol. The lowest BCUT2D eigenvalue weighted by Crippen LogP contribution is -2.39. The first-order valence-corrected chi connectivity index (χ1v) is 7.54. The Balaban J connectivity index is 1.75. The van der Waals surface area contributed by atoms with Gasteiger partial charge in [0.25, 0.3) is 5.91 Å². The summed E-state index contributed by atoms with van der Waals surface area (Å²) in [6, 6.07) is 1.81. The highest BCUT2D eigenvalue weighted by atomic mass is 16.2. The van der Waals surface area contributed by atoms with Crippen molar-refractivity contribution in [3.63, 3.8) is 0 Å². The third kappa shape index (κ3) is 2.93. The molecule has 0 aromatic carbocycles. The second kappa shape index (κ2) is 6.13. The second-order valence-corrected chi connectivity index (χ2v) is 5.51. The minimum Gasteiger partial charge on any atom is -0.338 e. The Morgan fingerprint density at radius 1 is 1.50 bits per heavy atom. The molecule has 0 bridgehead atoms. The van der Waals surface area contributed by atoms with Crippen molar-refractivity contribution in [3.05, 3.63) is 46.4 Å². The number of nitrogens with zero attached hydrogens (tertiary/aromatic N) is 4. The van der Waals surface area contributed by atoms with Gasteiger partial charge in [0.2, 0.25) is 0 Å². The third-order valence-corrected chi connectivity index (χ3v) is 4.05. The van der Waals surface area contributed by atoms with Crippen LogP contribution >= 0.6 is 0 Å². The van der Waals surface area contributed by atoms with Crippen molar-refractivity contribution in [2.24, 2.45) is 0 Å². The number of H-pyrrole nitrogens is 1. The van der Waals surface area contributed by atoms with E-state index in [2.05, 4.69) is 15.1 Å². The number of carbonyl (C=O) groups is 1. The Morgan fingerprint density at radius 2 is 2.36 bits per heavy atom. The summed E-state index contributed by atoms with van der Waals surface area (Å²) in [5, 5.41) is 4.15. The number of rotatable bonds is 3. The van der Waals surface area contributed by atoms with Crippen molar-refractivity contribution in [2.45, 2.75) is 32.2 Å². The van der Waals surface area contributed by atoms with Gasteiger partial charge < -0.3 is 9.88 Å². The highest BCUT2D eigenvalue weighted by Crippen LogP contribution is 2.25. The SMILES string of the molecule is CCn1cc(C(=O)N2CCC[C@H](c3ccnc(=O)[nH]3)C2)cn1. The molecule has 1 aliphatic heterocycles. The van der Waals surface area contributed by atoms with Gasteiger partial charge >= 0.3 is 5.69 Å². The first-order valence-electron chi connectivity index (χ1n) is 7.54. The molecular weight excluding hydrogens is 282 g/mol. The molecule has 2 aromatic rings. The summed E-state index contributed by atoms with van der Waals surface area (Å²) in [7, 11) is 0. The summed E-state index contributed by atoms with van der Waals surface area (Å²) >= 11 is 0. The minimum atomic E-state index is -0.342. The zero-order valence-corrected chi connectivity index (χ0v) is 12.5. The van der Waals surface area contributed by atoms with Crippen LogP contribution in [0.5, 0.6) is 0 Å². The first-order chi connectivity index (χ1) is 10.7. The molecule has 0 unspecified atom stereocenters. The average molecular weight is 301 g/mol. The molecule has 7 nitrogen and oxygen atoms in total. The fourth-order valence-electron chi connectivity index (χ4n) is 2.87. The van der Waals surface area contributed by atoms with Crippen LogP contribution in [-0.4, -0.2) is 43.6 Å². The molecule has 116 valence electrons. The van der Waals surface area contributed by atoms with Gasteiger partial charge in [-0.3, -0.25) is 9.48 Å². The molecule has 1 aliphatic rings. The maximum absolute atomic E-state index is 12.6. The zero-order valence-electron chi connectivity index (χ0n) is 12.5. The van der Waals surface area contributed by atoms with Gasteiger partial charge in [0.15, 0.2) is 0 Å². The molecule has 22 heavy (non-hydrogen) atoms. The Kier molecular flexibility index (Phi) is 4.04. The molecule has 0 aliphatic carbocycles. The molecule has 0 radical (unpaired) electrons. The number of hydrogen-bond donors (Lipinski definition) is 1. The molecule has 3 rings (SSSR count). The van der Waals surface area contributed by atoms with Crippen LogP contribution in [-0.2, 0) is 6.54 Å². The number of aromatic nitrogens is 4. The number of piperidine rings is 1. The Hall–Kier alpha value is -2.44. The average Bonchev–Trinajstić information content (AvgIpc) is 3.03. The molecule has 1 N–H and O–H groups in total. The van der Waals surface area contributed by atoms with Crippen molar-refractivity contribution in [2.75, 3.05) is 13.1 Å². The minimum absolute atomic E-state index is 0.000744. The number of likely N-dealkylation sites (tertiary alicyclic amines) is 1. The number of aryl methyl sites for hydroxylation is 1. The number of carbonyl (C=O) groups excluding carboxylic acids is 1. The Morgan fingerprint density at radius 3 is 3.09 bits per heavy atom. The third-order valence-electron chi connectivity index (χ3n) is 4.05. The van der Waals surface area contributed by atoms with E-state index in [1.165, 1.54) is 6.20 Å². The predicted molar refractivity (Wildman–Crippen MR) is 80.6 cm³/mol. The molecule has 0 spiro atoms. The lowest BCUT2D eigenvalue weighted by atomic mass is 9.94.